The molecule has 0 radical (unpaired) electrons. The molecular formula is C19H28N4O2. The molecule has 1 heterocycles. The molecule has 0 aliphatic rings. The third-order valence-electron chi connectivity index (χ3n) is 3.48. The minimum Gasteiger partial charge on any atom is -0.444 e. The number of carbonyl (C=O) groups is 1. The lowest BCUT2D eigenvalue weighted by Crippen LogP contribution is -2.27. The van der Waals surface area contributed by atoms with Gasteiger partial charge in [0, 0.05) is 31.2 Å². The van der Waals surface area contributed by atoms with Crippen molar-refractivity contribution >= 4 is 11.8 Å². The van der Waals surface area contributed by atoms with E-state index in [1.165, 1.54) is 0 Å². The molecule has 6 nitrogen and oxygen atoms in total. The first-order valence-electron chi connectivity index (χ1n) is 8.67. The summed E-state index contributed by atoms with van der Waals surface area (Å²) < 4.78 is 7.40. The average molecular weight is 344 g/mol. The van der Waals surface area contributed by atoms with E-state index in [1.54, 1.807) is 0 Å². The van der Waals surface area contributed by atoms with E-state index >= 15 is 0 Å². The molecule has 2 aromatic rings. The molecule has 1 amide bonds. The highest BCUT2D eigenvalue weighted by Crippen LogP contribution is 2.13. The number of imidazole rings is 1. The van der Waals surface area contributed by atoms with E-state index in [-0.39, 0.29) is 0 Å². The van der Waals surface area contributed by atoms with Gasteiger partial charge in [-0.2, -0.15) is 0 Å². The van der Waals surface area contributed by atoms with Crippen LogP contribution in [0, 0.1) is 0 Å². The Kier molecular flexibility index (Phi) is 6.58. The molecule has 0 aliphatic heterocycles. The lowest BCUT2D eigenvalue weighted by atomic mass is 10.2. The lowest BCUT2D eigenvalue weighted by Gasteiger charge is -2.19. The van der Waals surface area contributed by atoms with Gasteiger partial charge in [0.25, 0.3) is 0 Å². The normalized spacial score (nSPS) is 11.4. The molecule has 0 spiro atoms. The van der Waals surface area contributed by atoms with Gasteiger partial charge in [-0.05, 0) is 44.9 Å². The summed E-state index contributed by atoms with van der Waals surface area (Å²) in [5.74, 6) is 1.05. The summed E-state index contributed by atoms with van der Waals surface area (Å²) in [4.78, 5) is 16.1. The Morgan fingerprint density at radius 1 is 1.20 bits per heavy atom. The smallest absolute Gasteiger partial charge is 0.412 e. The van der Waals surface area contributed by atoms with Crippen molar-refractivity contribution in [2.75, 3.05) is 5.32 Å². The van der Waals surface area contributed by atoms with Gasteiger partial charge in [0.1, 0.15) is 11.4 Å². The molecule has 1 aromatic heterocycles. The van der Waals surface area contributed by atoms with Crippen LogP contribution in [0.4, 0.5) is 10.5 Å². The first kappa shape index (κ1) is 19.0. The maximum absolute atomic E-state index is 11.7. The largest absolute Gasteiger partial charge is 0.444 e. The van der Waals surface area contributed by atoms with Crippen molar-refractivity contribution in [2.45, 2.75) is 59.4 Å². The van der Waals surface area contributed by atoms with Gasteiger partial charge in [-0.1, -0.05) is 19.1 Å². The molecule has 0 fully saturated rings. The van der Waals surface area contributed by atoms with Crippen molar-refractivity contribution in [2.24, 2.45) is 0 Å². The average Bonchev–Trinajstić information content (AvgIpc) is 2.95. The fraction of sp³-hybridized carbons (Fsp3) is 0.474. The molecule has 0 atom stereocenters. The fourth-order valence-corrected chi connectivity index (χ4v) is 2.40. The predicted octanol–water partition coefficient (Wildman–Crippen LogP) is 3.93. The van der Waals surface area contributed by atoms with Crippen LogP contribution >= 0.6 is 0 Å². The van der Waals surface area contributed by atoms with Crippen LogP contribution in [0.5, 0.6) is 0 Å². The summed E-state index contributed by atoms with van der Waals surface area (Å²) in [6.07, 6.45) is 4.50. The molecule has 2 N–H and O–H groups in total. The summed E-state index contributed by atoms with van der Waals surface area (Å²) in [5.41, 5.74) is 1.36. The number of nitrogens with zero attached hydrogens (tertiary/aromatic N) is 2. The van der Waals surface area contributed by atoms with Gasteiger partial charge >= 0.3 is 6.09 Å². The number of nitrogens with one attached hydrogen (secondary N) is 2. The highest BCUT2D eigenvalue weighted by Gasteiger charge is 2.16. The number of amides is 1. The van der Waals surface area contributed by atoms with E-state index in [0.29, 0.717) is 0 Å². The van der Waals surface area contributed by atoms with E-state index in [2.05, 4.69) is 27.1 Å². The molecule has 0 aliphatic carbocycles. The number of ether oxygens (including phenoxy) is 1. The van der Waals surface area contributed by atoms with Crippen LogP contribution in [0.15, 0.2) is 36.7 Å². The molecule has 0 bridgehead atoms. The van der Waals surface area contributed by atoms with Crippen LogP contribution in [-0.2, 0) is 24.4 Å². The Morgan fingerprint density at radius 2 is 1.92 bits per heavy atom. The van der Waals surface area contributed by atoms with E-state index in [0.717, 1.165) is 43.1 Å². The highest BCUT2D eigenvalue weighted by molar-refractivity contribution is 5.84. The van der Waals surface area contributed by atoms with Gasteiger partial charge in [0.15, 0.2) is 0 Å². The summed E-state index contributed by atoms with van der Waals surface area (Å²) in [5, 5.41) is 6.13. The van der Waals surface area contributed by atoms with Crippen molar-refractivity contribution in [3.63, 3.8) is 0 Å². The van der Waals surface area contributed by atoms with E-state index in [9.17, 15) is 4.79 Å². The number of hydrogen-bond acceptors (Lipinski definition) is 4. The Labute approximate surface area is 149 Å². The summed E-state index contributed by atoms with van der Waals surface area (Å²) in [7, 11) is 0. The van der Waals surface area contributed by atoms with Crippen LogP contribution < -0.4 is 10.6 Å². The molecule has 136 valence electrons. The van der Waals surface area contributed by atoms with Crippen molar-refractivity contribution in [3.05, 3.63) is 48.0 Å². The second kappa shape index (κ2) is 8.67. The predicted molar refractivity (Wildman–Crippen MR) is 99.4 cm³/mol. The molecule has 1 aromatic carbocycles. The van der Waals surface area contributed by atoms with Crippen LogP contribution in [0.2, 0.25) is 0 Å². The zero-order valence-corrected chi connectivity index (χ0v) is 15.5. The quantitative estimate of drug-likeness (QED) is 0.798. The first-order valence-corrected chi connectivity index (χ1v) is 8.67. The molecule has 25 heavy (non-hydrogen) atoms. The SMILES string of the molecule is CCCn1ccnc1CNCc1ccc(NC(=O)OC(C)(C)C)cc1. The van der Waals surface area contributed by atoms with E-state index in [1.807, 2.05) is 57.4 Å². The first-order chi connectivity index (χ1) is 11.9. The van der Waals surface area contributed by atoms with Gasteiger partial charge in [0.2, 0.25) is 0 Å². The second-order valence-electron chi connectivity index (χ2n) is 6.96. The molecule has 0 saturated carbocycles. The number of benzene rings is 1. The van der Waals surface area contributed by atoms with Crippen LogP contribution in [0.25, 0.3) is 0 Å². The molecular weight excluding hydrogens is 316 g/mol. The molecule has 6 heteroatoms. The van der Waals surface area contributed by atoms with Crippen molar-refractivity contribution in [1.82, 2.24) is 14.9 Å². The van der Waals surface area contributed by atoms with Gasteiger partial charge in [0.05, 0.1) is 6.54 Å². The number of rotatable bonds is 7. The topological polar surface area (TPSA) is 68.2 Å². The Bertz CT molecular complexity index is 671. The minimum atomic E-state index is -0.503. The Hall–Kier alpha value is -2.34. The number of hydrogen-bond donors (Lipinski definition) is 2. The third kappa shape index (κ3) is 6.58. The van der Waals surface area contributed by atoms with Gasteiger partial charge in [-0.3, -0.25) is 5.32 Å². The van der Waals surface area contributed by atoms with Gasteiger partial charge in [-0.15, -0.1) is 0 Å². The van der Waals surface area contributed by atoms with Crippen LogP contribution in [-0.4, -0.2) is 21.2 Å². The highest BCUT2D eigenvalue weighted by atomic mass is 16.6. The van der Waals surface area contributed by atoms with Crippen molar-refractivity contribution in [3.8, 4) is 0 Å². The molecule has 0 unspecified atom stereocenters. The Morgan fingerprint density at radius 3 is 2.56 bits per heavy atom. The van der Waals surface area contributed by atoms with Crippen molar-refractivity contribution < 1.29 is 9.53 Å². The molecule has 0 saturated heterocycles. The monoisotopic (exact) mass is 344 g/mol. The van der Waals surface area contributed by atoms with Crippen molar-refractivity contribution in [1.29, 1.82) is 0 Å². The maximum atomic E-state index is 11.7. The van der Waals surface area contributed by atoms with Crippen LogP contribution in [0.1, 0.15) is 45.5 Å². The minimum absolute atomic E-state index is 0.443. The second-order valence-corrected chi connectivity index (χ2v) is 6.96. The summed E-state index contributed by atoms with van der Waals surface area (Å²) >= 11 is 0. The fourth-order valence-electron chi connectivity index (χ4n) is 2.40. The number of anilines is 1. The summed E-state index contributed by atoms with van der Waals surface area (Å²) in [6, 6.07) is 7.72. The number of aryl methyl sites for hydroxylation is 1. The zero-order valence-electron chi connectivity index (χ0n) is 15.5. The van der Waals surface area contributed by atoms with Crippen LogP contribution in [0.3, 0.4) is 0 Å². The lowest BCUT2D eigenvalue weighted by molar-refractivity contribution is 0.0636. The van der Waals surface area contributed by atoms with E-state index < -0.39 is 11.7 Å². The third-order valence-corrected chi connectivity index (χ3v) is 3.48. The van der Waals surface area contributed by atoms with Gasteiger partial charge in [-0.25, -0.2) is 9.78 Å². The number of aromatic nitrogens is 2. The summed E-state index contributed by atoms with van der Waals surface area (Å²) in [6.45, 7) is 10.1. The maximum Gasteiger partial charge on any atom is 0.412 e. The molecule has 2 rings (SSSR count). The standard InChI is InChI=1S/C19H28N4O2/c1-5-11-23-12-10-21-17(23)14-20-13-15-6-8-16(9-7-15)22-18(24)25-19(2,3)4/h6-10,12,20H,5,11,13-14H2,1-4H3,(H,22,24). The zero-order chi connectivity index (χ0) is 18.3. The Balaban J connectivity index is 1.80. The van der Waals surface area contributed by atoms with E-state index in [4.69, 9.17) is 4.74 Å². The number of carbonyl (C=O) groups excluding carboxylic acids is 1. The van der Waals surface area contributed by atoms with Gasteiger partial charge < -0.3 is 14.6 Å².